The molecular weight excluding hydrogens is 342 g/mol. The summed E-state index contributed by atoms with van der Waals surface area (Å²) in [6.07, 6.45) is 2.65. The summed E-state index contributed by atoms with van der Waals surface area (Å²) in [6, 6.07) is 4.85. The molecule has 0 aliphatic rings. The Morgan fingerprint density at radius 3 is 1.31 bits per heavy atom. The lowest BCUT2D eigenvalue weighted by Gasteiger charge is -2.02. The zero-order valence-corrected chi connectivity index (χ0v) is 13.5. The van der Waals surface area contributed by atoms with Crippen LogP contribution in [-0.4, -0.2) is 61.9 Å². The van der Waals surface area contributed by atoms with Gasteiger partial charge in [-0.3, -0.25) is 9.98 Å². The van der Waals surface area contributed by atoms with Gasteiger partial charge < -0.3 is 36.0 Å². The predicted molar refractivity (Wildman–Crippen MR) is 95.5 cm³/mol. The lowest BCUT2D eigenvalue weighted by molar-refractivity contribution is 0.368. The molecule has 0 saturated carbocycles. The van der Waals surface area contributed by atoms with Crippen molar-refractivity contribution < 1.29 is 30.6 Å². The molecule has 0 heterocycles. The summed E-state index contributed by atoms with van der Waals surface area (Å²) < 4.78 is 0. The van der Waals surface area contributed by atoms with E-state index in [9.17, 15) is 30.6 Å². The Balaban J connectivity index is 1.91. The topological polar surface area (TPSA) is 170 Å². The summed E-state index contributed by atoms with van der Waals surface area (Å²) in [4.78, 5) is 7.96. The van der Waals surface area contributed by atoms with Gasteiger partial charge in [0, 0.05) is 12.4 Å². The van der Waals surface area contributed by atoms with E-state index in [4.69, 9.17) is 5.41 Å². The van der Waals surface area contributed by atoms with E-state index in [1.54, 1.807) is 0 Å². The second-order valence-electron chi connectivity index (χ2n) is 5.36. The predicted octanol–water partition coefficient (Wildman–Crippen LogP) is 1.48. The molecule has 0 aliphatic heterocycles. The molecule has 0 fully saturated rings. The van der Waals surface area contributed by atoms with Crippen LogP contribution in [0.2, 0.25) is 0 Å². The molecule has 2 aromatic rings. The van der Waals surface area contributed by atoms with Crippen molar-refractivity contribution in [2.24, 2.45) is 9.98 Å². The number of phenolic OH excluding ortho intramolecular Hbond substituents is 6. The lowest BCUT2D eigenvalue weighted by Crippen LogP contribution is -2.06. The third-order valence-electron chi connectivity index (χ3n) is 3.23. The van der Waals surface area contributed by atoms with Crippen LogP contribution in [0.5, 0.6) is 34.5 Å². The van der Waals surface area contributed by atoms with Crippen molar-refractivity contribution >= 4 is 18.1 Å². The molecule has 2 rings (SSSR count). The Morgan fingerprint density at radius 2 is 1.00 bits per heavy atom. The number of rotatable bonds is 6. The summed E-state index contributed by atoms with van der Waals surface area (Å²) in [6.45, 7) is 0.0393. The lowest BCUT2D eigenvalue weighted by atomic mass is 10.2. The summed E-state index contributed by atoms with van der Waals surface area (Å²) in [5, 5.41) is 63.8. The number of hydrogen-bond acceptors (Lipinski definition) is 9. The molecule has 9 nitrogen and oxygen atoms in total. The first kappa shape index (κ1) is 18.6. The van der Waals surface area contributed by atoms with Crippen LogP contribution in [0.25, 0.3) is 0 Å². The first-order valence-electron chi connectivity index (χ1n) is 7.33. The Kier molecular flexibility index (Phi) is 5.63. The summed E-state index contributed by atoms with van der Waals surface area (Å²) in [5.74, 6) is -3.15. The molecule has 0 unspecified atom stereocenters. The number of hydrogen-bond donors (Lipinski definition) is 7. The van der Waals surface area contributed by atoms with Crippen molar-refractivity contribution in [3.8, 4) is 34.5 Å². The van der Waals surface area contributed by atoms with Gasteiger partial charge in [-0.05, 0) is 35.4 Å². The van der Waals surface area contributed by atoms with E-state index >= 15 is 0 Å². The van der Waals surface area contributed by atoms with Crippen LogP contribution in [-0.2, 0) is 0 Å². The molecule has 0 atom stereocenters. The quantitative estimate of drug-likeness (QED) is 0.304. The smallest absolute Gasteiger partial charge is 0.200 e. The van der Waals surface area contributed by atoms with Gasteiger partial charge in [-0.1, -0.05) is 0 Å². The van der Waals surface area contributed by atoms with Crippen molar-refractivity contribution in [2.75, 3.05) is 13.1 Å². The molecule has 0 radical (unpaired) electrons. The van der Waals surface area contributed by atoms with Gasteiger partial charge in [0.1, 0.15) is 0 Å². The number of nitrogens with one attached hydrogen (secondary N) is 1. The van der Waals surface area contributed by atoms with Crippen LogP contribution < -0.4 is 0 Å². The largest absolute Gasteiger partial charge is 0.504 e. The van der Waals surface area contributed by atoms with Crippen LogP contribution in [0.1, 0.15) is 11.1 Å². The van der Waals surface area contributed by atoms with Crippen molar-refractivity contribution in [3.05, 3.63) is 35.4 Å². The highest BCUT2D eigenvalue weighted by Crippen LogP contribution is 2.35. The molecular formula is C17H17N3O6. The molecule has 0 spiro atoms. The van der Waals surface area contributed by atoms with E-state index in [0.29, 0.717) is 11.1 Å². The molecule has 136 valence electrons. The Bertz CT molecular complexity index is 775. The minimum absolute atomic E-state index is 0.0197. The maximum Gasteiger partial charge on any atom is 0.200 e. The van der Waals surface area contributed by atoms with Gasteiger partial charge in [-0.2, -0.15) is 0 Å². The zero-order chi connectivity index (χ0) is 19.3. The van der Waals surface area contributed by atoms with Crippen molar-refractivity contribution in [1.82, 2.24) is 0 Å². The second kappa shape index (κ2) is 7.88. The molecule has 7 N–H and O–H groups in total. The molecule has 0 aliphatic carbocycles. The molecule has 0 aromatic heterocycles. The number of phenols is 6. The highest BCUT2D eigenvalue weighted by atomic mass is 16.3. The maximum atomic E-state index is 9.39. The third kappa shape index (κ3) is 4.63. The van der Waals surface area contributed by atoms with Gasteiger partial charge in [0.25, 0.3) is 0 Å². The number of benzene rings is 2. The zero-order valence-electron chi connectivity index (χ0n) is 13.5. The van der Waals surface area contributed by atoms with E-state index in [1.807, 2.05) is 0 Å². The van der Waals surface area contributed by atoms with Crippen molar-refractivity contribution in [2.45, 2.75) is 0 Å². The highest BCUT2D eigenvalue weighted by Gasteiger charge is 2.07. The first-order chi connectivity index (χ1) is 12.3. The molecule has 26 heavy (non-hydrogen) atoms. The summed E-state index contributed by atoms with van der Waals surface area (Å²) in [7, 11) is 0. The molecule has 0 saturated heterocycles. The van der Waals surface area contributed by atoms with Gasteiger partial charge in [0.05, 0.1) is 18.8 Å². The maximum absolute atomic E-state index is 9.39. The first-order valence-corrected chi connectivity index (χ1v) is 7.33. The number of nitrogens with zero attached hydrogens (tertiary/aromatic N) is 2. The van der Waals surface area contributed by atoms with Crippen LogP contribution in [0.4, 0.5) is 0 Å². The third-order valence-corrected chi connectivity index (χ3v) is 3.23. The molecule has 0 bridgehead atoms. The van der Waals surface area contributed by atoms with Gasteiger partial charge in [0.2, 0.25) is 0 Å². The number of aliphatic imine (C=N–C) groups is 2. The minimum atomic E-state index is -0.615. The average molecular weight is 359 g/mol. The van der Waals surface area contributed by atoms with E-state index in [-0.39, 0.29) is 18.8 Å². The standard InChI is InChI=1S/C17H17N3O6/c18-11(7-19-5-9-1-12(21)16(25)13(22)2-9)8-20-6-10-3-14(23)17(26)15(24)4-10/h1-6,18,21-26H,7-8H2. The fraction of sp³-hybridized carbons (Fsp3) is 0.118. The molecule has 2 aromatic carbocycles. The SMILES string of the molecule is N=C(CN=Cc1cc(O)c(O)c(O)c1)CN=Cc1cc(O)c(O)c(O)c1. The summed E-state index contributed by atoms with van der Waals surface area (Å²) >= 11 is 0. The van der Waals surface area contributed by atoms with E-state index < -0.39 is 34.5 Å². The van der Waals surface area contributed by atoms with Gasteiger partial charge >= 0.3 is 0 Å². The molecule has 0 amide bonds. The van der Waals surface area contributed by atoms with Crippen molar-refractivity contribution in [1.29, 1.82) is 5.41 Å². The normalized spacial score (nSPS) is 11.4. The fourth-order valence-electron chi connectivity index (χ4n) is 1.97. The van der Waals surface area contributed by atoms with Crippen LogP contribution in [0.15, 0.2) is 34.3 Å². The van der Waals surface area contributed by atoms with Crippen LogP contribution >= 0.6 is 0 Å². The van der Waals surface area contributed by atoms with Crippen LogP contribution in [0.3, 0.4) is 0 Å². The van der Waals surface area contributed by atoms with Gasteiger partial charge in [0.15, 0.2) is 34.5 Å². The number of aromatic hydroxyl groups is 6. The fourth-order valence-corrected chi connectivity index (χ4v) is 1.97. The minimum Gasteiger partial charge on any atom is -0.504 e. The second-order valence-corrected chi connectivity index (χ2v) is 5.36. The Hall–Kier alpha value is -3.75. The van der Waals surface area contributed by atoms with E-state index in [1.165, 1.54) is 36.7 Å². The van der Waals surface area contributed by atoms with Crippen molar-refractivity contribution in [3.63, 3.8) is 0 Å². The molecule has 9 heteroatoms. The average Bonchev–Trinajstić information content (AvgIpc) is 2.57. The van der Waals surface area contributed by atoms with Gasteiger partial charge in [-0.25, -0.2) is 0 Å². The van der Waals surface area contributed by atoms with Gasteiger partial charge in [-0.15, -0.1) is 0 Å². The highest BCUT2D eigenvalue weighted by molar-refractivity contribution is 5.91. The van der Waals surface area contributed by atoms with E-state index in [0.717, 1.165) is 0 Å². The Morgan fingerprint density at radius 1 is 0.692 bits per heavy atom. The Labute approximate surface area is 148 Å². The van der Waals surface area contributed by atoms with E-state index in [2.05, 4.69) is 9.98 Å². The van der Waals surface area contributed by atoms with Crippen LogP contribution in [0, 0.1) is 5.41 Å². The monoisotopic (exact) mass is 359 g/mol. The summed E-state index contributed by atoms with van der Waals surface area (Å²) in [5.41, 5.74) is 0.866.